The summed E-state index contributed by atoms with van der Waals surface area (Å²) >= 11 is 4.33. The van der Waals surface area contributed by atoms with Gasteiger partial charge in [0.15, 0.2) is 5.13 Å². The molecular weight excluding hydrogens is 647 g/mol. The van der Waals surface area contributed by atoms with Gasteiger partial charge >= 0.3 is 0 Å². The van der Waals surface area contributed by atoms with E-state index in [1.807, 2.05) is 65.4 Å². The van der Waals surface area contributed by atoms with E-state index in [1.54, 1.807) is 84.4 Å². The lowest BCUT2D eigenvalue weighted by molar-refractivity contribution is -0.116. The molecule has 3 N–H and O–H groups in total. The molecule has 47 heavy (non-hydrogen) atoms. The van der Waals surface area contributed by atoms with Crippen LogP contribution in [-0.2, 0) is 9.59 Å². The van der Waals surface area contributed by atoms with Gasteiger partial charge in [-0.05, 0) is 65.0 Å². The highest BCUT2D eigenvalue weighted by Gasteiger charge is 2.24. The molecule has 8 nitrogen and oxygen atoms in total. The Bertz CT molecular complexity index is 2000. The van der Waals surface area contributed by atoms with Crippen LogP contribution in [0.2, 0.25) is 0 Å². The summed E-state index contributed by atoms with van der Waals surface area (Å²) in [6, 6.07) is 32.9. The highest BCUT2D eigenvalue weighted by molar-refractivity contribution is 8.00. The van der Waals surface area contributed by atoms with E-state index in [0.717, 1.165) is 21.0 Å². The van der Waals surface area contributed by atoms with E-state index in [2.05, 4.69) is 25.9 Å². The zero-order chi connectivity index (χ0) is 32.4. The standard InChI is InChI=1S/C36H27N5O3S3/c42-33(26-13-5-2-6-14-26)39-29(20-24-10-8-18-37-22-24)34(43)38-27-15-7-16-28(21-27)47-32(25-11-3-1-4-12-25)35(44)41-36-40-30(23-46-36)31-17-9-19-45-31/h1-23,32H,(H,38,43)(H,39,42)(H,40,41,44)/b29-20-. The zero-order valence-electron chi connectivity index (χ0n) is 24.7. The van der Waals surface area contributed by atoms with Gasteiger partial charge < -0.3 is 16.0 Å². The Kier molecular flexibility index (Phi) is 10.3. The van der Waals surface area contributed by atoms with Gasteiger partial charge in [-0.3, -0.25) is 19.4 Å². The van der Waals surface area contributed by atoms with Gasteiger partial charge in [-0.15, -0.1) is 34.4 Å². The maximum absolute atomic E-state index is 13.7. The van der Waals surface area contributed by atoms with E-state index in [0.29, 0.717) is 21.9 Å². The Morgan fingerprint density at radius 2 is 1.62 bits per heavy atom. The van der Waals surface area contributed by atoms with Crippen molar-refractivity contribution in [2.75, 3.05) is 10.6 Å². The molecule has 0 aliphatic rings. The molecule has 0 fully saturated rings. The van der Waals surface area contributed by atoms with Gasteiger partial charge in [-0.2, -0.15) is 0 Å². The summed E-state index contributed by atoms with van der Waals surface area (Å²) in [4.78, 5) is 50.7. The lowest BCUT2D eigenvalue weighted by Crippen LogP contribution is -2.30. The highest BCUT2D eigenvalue weighted by Crippen LogP contribution is 2.38. The third kappa shape index (κ3) is 8.47. The van der Waals surface area contributed by atoms with Gasteiger partial charge in [-0.1, -0.05) is 66.7 Å². The first-order chi connectivity index (χ1) is 23.0. The molecule has 3 amide bonds. The zero-order valence-corrected chi connectivity index (χ0v) is 27.1. The first kappa shape index (κ1) is 31.6. The molecule has 0 bridgehead atoms. The Morgan fingerprint density at radius 3 is 2.36 bits per heavy atom. The minimum Gasteiger partial charge on any atom is -0.321 e. The van der Waals surface area contributed by atoms with Crippen molar-refractivity contribution < 1.29 is 14.4 Å². The van der Waals surface area contributed by atoms with Crippen molar-refractivity contribution in [3.05, 3.63) is 155 Å². The number of hydrogen-bond donors (Lipinski definition) is 3. The largest absolute Gasteiger partial charge is 0.321 e. The first-order valence-electron chi connectivity index (χ1n) is 14.4. The molecule has 0 saturated heterocycles. The first-order valence-corrected chi connectivity index (χ1v) is 17.1. The molecule has 0 aliphatic heterocycles. The maximum atomic E-state index is 13.7. The van der Waals surface area contributed by atoms with E-state index >= 15 is 0 Å². The molecule has 0 radical (unpaired) electrons. The minimum atomic E-state index is -0.595. The monoisotopic (exact) mass is 673 g/mol. The molecule has 3 aromatic carbocycles. The molecule has 0 saturated carbocycles. The maximum Gasteiger partial charge on any atom is 0.272 e. The SMILES string of the molecule is O=C(Nc1cccc(SC(C(=O)Nc2nc(-c3cccs3)cs2)c2ccccc2)c1)/C(=C/c1cccnc1)NC(=O)c1ccccc1. The Morgan fingerprint density at radius 1 is 0.809 bits per heavy atom. The molecular formula is C36H27N5O3S3. The summed E-state index contributed by atoms with van der Waals surface area (Å²) in [5, 5.41) is 12.5. The van der Waals surface area contributed by atoms with Crippen LogP contribution in [0.25, 0.3) is 16.6 Å². The predicted octanol–water partition coefficient (Wildman–Crippen LogP) is 8.15. The van der Waals surface area contributed by atoms with Gasteiger partial charge in [-0.25, -0.2) is 4.98 Å². The number of nitrogens with one attached hydrogen (secondary N) is 3. The molecule has 3 heterocycles. The summed E-state index contributed by atoms with van der Waals surface area (Å²) in [6.45, 7) is 0. The number of hydrogen-bond acceptors (Lipinski definition) is 8. The molecule has 1 atom stereocenters. The number of rotatable bonds is 11. The smallest absolute Gasteiger partial charge is 0.272 e. The quantitative estimate of drug-likeness (QED) is 0.0945. The van der Waals surface area contributed by atoms with Crippen LogP contribution in [0.4, 0.5) is 10.8 Å². The van der Waals surface area contributed by atoms with E-state index in [9.17, 15) is 14.4 Å². The number of amides is 3. The summed E-state index contributed by atoms with van der Waals surface area (Å²) in [5.74, 6) is -1.14. The second-order valence-electron chi connectivity index (χ2n) is 10.1. The molecule has 11 heteroatoms. The number of aromatic nitrogens is 2. The fraction of sp³-hybridized carbons (Fsp3) is 0.0278. The molecule has 232 valence electrons. The Hall–Kier alpha value is -5.36. The van der Waals surface area contributed by atoms with Gasteiger partial charge in [0.1, 0.15) is 10.9 Å². The minimum absolute atomic E-state index is 0.0526. The molecule has 6 rings (SSSR count). The number of benzene rings is 3. The fourth-order valence-electron chi connectivity index (χ4n) is 4.49. The van der Waals surface area contributed by atoms with Crippen LogP contribution in [-0.4, -0.2) is 27.7 Å². The van der Waals surface area contributed by atoms with E-state index in [-0.39, 0.29) is 11.6 Å². The number of thiazole rings is 1. The molecule has 0 aliphatic carbocycles. The van der Waals surface area contributed by atoms with Gasteiger partial charge in [0.25, 0.3) is 11.8 Å². The summed E-state index contributed by atoms with van der Waals surface area (Å²) in [5.41, 5.74) is 3.27. The summed E-state index contributed by atoms with van der Waals surface area (Å²) in [7, 11) is 0. The third-order valence-corrected chi connectivity index (χ3v) is 9.62. The number of carbonyl (C=O) groups excluding carboxylic acids is 3. The van der Waals surface area contributed by atoms with E-state index < -0.39 is 17.1 Å². The Balaban J connectivity index is 1.20. The van der Waals surface area contributed by atoms with Crippen molar-refractivity contribution in [3.63, 3.8) is 0 Å². The van der Waals surface area contributed by atoms with Crippen molar-refractivity contribution in [1.29, 1.82) is 0 Å². The average molecular weight is 674 g/mol. The van der Waals surface area contributed by atoms with Crippen LogP contribution >= 0.6 is 34.4 Å². The van der Waals surface area contributed by atoms with Gasteiger partial charge in [0, 0.05) is 33.9 Å². The van der Waals surface area contributed by atoms with Crippen molar-refractivity contribution >= 4 is 69.1 Å². The third-order valence-electron chi connectivity index (χ3n) is 6.72. The summed E-state index contributed by atoms with van der Waals surface area (Å²) < 4.78 is 0. The van der Waals surface area contributed by atoms with Crippen LogP contribution in [0, 0.1) is 0 Å². The van der Waals surface area contributed by atoms with Crippen LogP contribution in [0.15, 0.2) is 143 Å². The van der Waals surface area contributed by atoms with E-state index in [4.69, 9.17) is 0 Å². The average Bonchev–Trinajstić information content (AvgIpc) is 3.81. The van der Waals surface area contributed by atoms with Crippen LogP contribution in [0.3, 0.4) is 0 Å². The normalized spacial score (nSPS) is 11.8. The van der Waals surface area contributed by atoms with Crippen molar-refractivity contribution in [3.8, 4) is 10.6 Å². The molecule has 1 unspecified atom stereocenters. The lowest BCUT2D eigenvalue weighted by Gasteiger charge is -2.17. The highest BCUT2D eigenvalue weighted by atomic mass is 32.2. The topological polar surface area (TPSA) is 113 Å². The van der Waals surface area contributed by atoms with Crippen molar-refractivity contribution in [1.82, 2.24) is 15.3 Å². The number of thioether (sulfide) groups is 1. The van der Waals surface area contributed by atoms with Crippen LogP contribution in [0.1, 0.15) is 26.7 Å². The van der Waals surface area contributed by atoms with Crippen molar-refractivity contribution in [2.24, 2.45) is 0 Å². The molecule has 3 aromatic heterocycles. The number of carbonyl (C=O) groups is 3. The number of pyridine rings is 1. The lowest BCUT2D eigenvalue weighted by atomic mass is 10.1. The van der Waals surface area contributed by atoms with Crippen LogP contribution < -0.4 is 16.0 Å². The van der Waals surface area contributed by atoms with Gasteiger partial charge in [0.05, 0.1) is 10.6 Å². The predicted molar refractivity (Wildman–Crippen MR) is 190 cm³/mol. The number of thiophene rings is 1. The van der Waals surface area contributed by atoms with E-state index in [1.165, 1.54) is 23.1 Å². The Labute approximate surface area is 283 Å². The van der Waals surface area contributed by atoms with Gasteiger partial charge in [0.2, 0.25) is 5.91 Å². The fourth-order valence-corrected chi connectivity index (χ4v) is 7.05. The number of nitrogens with zero attached hydrogens (tertiary/aromatic N) is 2. The molecule has 6 aromatic rings. The van der Waals surface area contributed by atoms with Crippen LogP contribution in [0.5, 0.6) is 0 Å². The molecule has 0 spiro atoms. The number of anilines is 2. The second-order valence-corrected chi connectivity index (χ2v) is 13.0. The summed E-state index contributed by atoms with van der Waals surface area (Å²) in [6.07, 6.45) is 4.80. The second kappa shape index (κ2) is 15.3. The van der Waals surface area contributed by atoms with Crippen molar-refractivity contribution in [2.45, 2.75) is 10.1 Å².